The van der Waals surface area contributed by atoms with Gasteiger partial charge in [-0.3, -0.25) is 4.98 Å². The van der Waals surface area contributed by atoms with Gasteiger partial charge in [0.25, 0.3) is 0 Å². The van der Waals surface area contributed by atoms with Crippen molar-refractivity contribution < 1.29 is 4.79 Å². The maximum absolute atomic E-state index is 11.8. The summed E-state index contributed by atoms with van der Waals surface area (Å²) in [6, 6.07) is 9.27. The van der Waals surface area contributed by atoms with Gasteiger partial charge in [0.15, 0.2) is 5.82 Å². The van der Waals surface area contributed by atoms with E-state index >= 15 is 0 Å². The van der Waals surface area contributed by atoms with Crippen LogP contribution in [0.15, 0.2) is 61.3 Å². The maximum Gasteiger partial charge on any atom is 0.315 e. The van der Waals surface area contributed by atoms with E-state index in [0.717, 1.165) is 23.4 Å². The van der Waals surface area contributed by atoms with Crippen molar-refractivity contribution in [3.05, 3.63) is 72.4 Å². The van der Waals surface area contributed by atoms with Crippen molar-refractivity contribution in [2.45, 2.75) is 13.0 Å². The lowest BCUT2D eigenvalue weighted by Crippen LogP contribution is -2.36. The van der Waals surface area contributed by atoms with E-state index in [1.54, 1.807) is 29.5 Å². The van der Waals surface area contributed by atoms with E-state index in [0.29, 0.717) is 13.1 Å². The van der Waals surface area contributed by atoms with E-state index in [-0.39, 0.29) is 6.03 Å². The average molecular weight is 322 g/mol. The molecular formula is C17H18N6O. The Balaban J connectivity index is 1.45. The molecule has 0 saturated heterocycles. The average Bonchev–Trinajstić information content (AvgIpc) is 3.16. The number of urea groups is 1. The second-order valence-corrected chi connectivity index (χ2v) is 5.19. The smallest absolute Gasteiger partial charge is 0.315 e. The summed E-state index contributed by atoms with van der Waals surface area (Å²) < 4.78 is 1.68. The van der Waals surface area contributed by atoms with Crippen molar-refractivity contribution in [1.82, 2.24) is 30.4 Å². The third kappa shape index (κ3) is 4.39. The van der Waals surface area contributed by atoms with Gasteiger partial charge in [0, 0.05) is 44.1 Å². The van der Waals surface area contributed by atoms with E-state index in [1.807, 2.05) is 36.5 Å². The molecule has 0 aliphatic heterocycles. The van der Waals surface area contributed by atoms with Gasteiger partial charge in [0.05, 0.1) is 0 Å². The summed E-state index contributed by atoms with van der Waals surface area (Å²) in [7, 11) is 0. The van der Waals surface area contributed by atoms with Crippen LogP contribution in [0.2, 0.25) is 0 Å². The number of hydrogen-bond donors (Lipinski definition) is 2. The fraction of sp³-hybridized carbons (Fsp3) is 0.176. The van der Waals surface area contributed by atoms with Gasteiger partial charge in [-0.05, 0) is 41.8 Å². The highest BCUT2D eigenvalue weighted by Gasteiger charge is 2.03. The van der Waals surface area contributed by atoms with Gasteiger partial charge in [-0.2, -0.15) is 5.10 Å². The predicted molar refractivity (Wildman–Crippen MR) is 89.5 cm³/mol. The van der Waals surface area contributed by atoms with Crippen LogP contribution in [0.25, 0.3) is 5.82 Å². The number of hydrogen-bond acceptors (Lipinski definition) is 4. The predicted octanol–water partition coefficient (Wildman–Crippen LogP) is 1.70. The van der Waals surface area contributed by atoms with Crippen LogP contribution in [0, 0.1) is 0 Å². The van der Waals surface area contributed by atoms with E-state index in [4.69, 9.17) is 0 Å². The lowest BCUT2D eigenvalue weighted by molar-refractivity contribution is 0.240. The lowest BCUT2D eigenvalue weighted by atomic mass is 10.2. The summed E-state index contributed by atoms with van der Waals surface area (Å²) in [5.74, 6) is 0.719. The van der Waals surface area contributed by atoms with Crippen LogP contribution in [-0.2, 0) is 13.0 Å². The molecule has 0 aliphatic carbocycles. The monoisotopic (exact) mass is 322 g/mol. The lowest BCUT2D eigenvalue weighted by Gasteiger charge is -2.08. The first kappa shape index (κ1) is 15.7. The van der Waals surface area contributed by atoms with Crippen molar-refractivity contribution in [1.29, 1.82) is 0 Å². The Bertz CT molecular complexity index is 773. The third-order valence-corrected chi connectivity index (χ3v) is 3.42. The molecule has 0 unspecified atom stereocenters. The molecule has 2 N–H and O–H groups in total. The molecule has 0 radical (unpaired) electrons. The van der Waals surface area contributed by atoms with E-state index in [2.05, 4.69) is 25.7 Å². The van der Waals surface area contributed by atoms with Crippen LogP contribution in [0.4, 0.5) is 4.79 Å². The van der Waals surface area contributed by atoms with Crippen LogP contribution in [0.3, 0.4) is 0 Å². The van der Waals surface area contributed by atoms with Gasteiger partial charge in [-0.25, -0.2) is 14.5 Å². The fourth-order valence-electron chi connectivity index (χ4n) is 2.21. The molecule has 3 aromatic heterocycles. The summed E-state index contributed by atoms with van der Waals surface area (Å²) in [5.41, 5.74) is 2.05. The van der Waals surface area contributed by atoms with Gasteiger partial charge in [0.2, 0.25) is 0 Å². The Hall–Kier alpha value is -3.22. The molecule has 2 amide bonds. The summed E-state index contributed by atoms with van der Waals surface area (Å²) in [5, 5.41) is 9.81. The summed E-state index contributed by atoms with van der Waals surface area (Å²) >= 11 is 0. The van der Waals surface area contributed by atoms with Crippen LogP contribution in [-0.4, -0.2) is 32.3 Å². The number of pyridine rings is 2. The molecule has 0 aliphatic rings. The number of nitrogens with zero attached hydrogens (tertiary/aromatic N) is 4. The number of aromatic nitrogens is 4. The number of nitrogens with one attached hydrogen (secondary N) is 2. The SMILES string of the molecule is O=C(NCCc1cccnc1)NCc1ccnc(-n2cccn2)c1. The van der Waals surface area contributed by atoms with Crippen LogP contribution >= 0.6 is 0 Å². The van der Waals surface area contributed by atoms with Crippen molar-refractivity contribution in [2.24, 2.45) is 0 Å². The molecule has 3 rings (SSSR count). The minimum Gasteiger partial charge on any atom is -0.338 e. The highest BCUT2D eigenvalue weighted by atomic mass is 16.2. The number of carbonyl (C=O) groups is 1. The molecule has 24 heavy (non-hydrogen) atoms. The second-order valence-electron chi connectivity index (χ2n) is 5.19. The van der Waals surface area contributed by atoms with Gasteiger partial charge < -0.3 is 10.6 Å². The van der Waals surface area contributed by atoms with Crippen molar-refractivity contribution >= 4 is 6.03 Å². The molecule has 3 aromatic rings. The molecule has 0 fully saturated rings. The molecule has 0 spiro atoms. The quantitative estimate of drug-likeness (QED) is 0.723. The first-order valence-corrected chi connectivity index (χ1v) is 7.67. The van der Waals surface area contributed by atoms with E-state index in [1.165, 1.54) is 0 Å². The first-order chi connectivity index (χ1) is 11.8. The summed E-state index contributed by atoms with van der Waals surface area (Å²) in [6.45, 7) is 0.988. The molecule has 7 heteroatoms. The number of carbonyl (C=O) groups excluding carboxylic acids is 1. The summed E-state index contributed by atoms with van der Waals surface area (Å²) in [4.78, 5) is 20.2. The van der Waals surface area contributed by atoms with Crippen molar-refractivity contribution in [3.8, 4) is 5.82 Å². The van der Waals surface area contributed by atoms with Crippen molar-refractivity contribution in [2.75, 3.05) is 6.54 Å². The number of rotatable bonds is 6. The Morgan fingerprint density at radius 3 is 2.83 bits per heavy atom. The normalized spacial score (nSPS) is 10.3. The maximum atomic E-state index is 11.8. The Morgan fingerprint density at radius 2 is 2.04 bits per heavy atom. The third-order valence-electron chi connectivity index (χ3n) is 3.42. The number of amides is 2. The van der Waals surface area contributed by atoms with Gasteiger partial charge in [-0.15, -0.1) is 0 Å². The Kier molecular flexibility index (Phi) is 5.14. The molecule has 7 nitrogen and oxygen atoms in total. The molecule has 122 valence electrons. The summed E-state index contributed by atoms with van der Waals surface area (Å²) in [6.07, 6.45) is 9.50. The minimum absolute atomic E-state index is 0.198. The molecule has 0 aromatic carbocycles. The van der Waals surface area contributed by atoms with Gasteiger partial charge >= 0.3 is 6.03 Å². The first-order valence-electron chi connectivity index (χ1n) is 7.67. The van der Waals surface area contributed by atoms with Gasteiger partial charge in [-0.1, -0.05) is 6.07 Å². The van der Waals surface area contributed by atoms with Gasteiger partial charge in [0.1, 0.15) is 0 Å². The molecule has 0 atom stereocenters. The highest BCUT2D eigenvalue weighted by molar-refractivity contribution is 5.73. The zero-order valence-corrected chi connectivity index (χ0v) is 13.1. The van der Waals surface area contributed by atoms with E-state index < -0.39 is 0 Å². The Morgan fingerprint density at radius 1 is 1.08 bits per heavy atom. The Labute approximate surface area is 139 Å². The topological polar surface area (TPSA) is 84.7 Å². The zero-order valence-electron chi connectivity index (χ0n) is 13.1. The van der Waals surface area contributed by atoms with E-state index in [9.17, 15) is 4.79 Å². The molecule has 0 bridgehead atoms. The highest BCUT2D eigenvalue weighted by Crippen LogP contribution is 2.05. The largest absolute Gasteiger partial charge is 0.338 e. The molecule has 0 saturated carbocycles. The van der Waals surface area contributed by atoms with Crippen LogP contribution < -0.4 is 10.6 Å². The van der Waals surface area contributed by atoms with Crippen molar-refractivity contribution in [3.63, 3.8) is 0 Å². The standard InChI is InChI=1S/C17H18N6O/c24-17(20-9-4-14-3-1-6-18-12-14)21-13-15-5-8-19-16(11-15)23-10-2-7-22-23/h1-3,5-8,10-12H,4,9,13H2,(H2,20,21,24). The van der Waals surface area contributed by atoms with Crippen LogP contribution in [0.5, 0.6) is 0 Å². The zero-order chi connectivity index (χ0) is 16.6. The van der Waals surface area contributed by atoms with Crippen LogP contribution in [0.1, 0.15) is 11.1 Å². The molecular weight excluding hydrogens is 304 g/mol. The molecule has 3 heterocycles. The second kappa shape index (κ2) is 7.87. The minimum atomic E-state index is -0.198. The fourth-order valence-corrected chi connectivity index (χ4v) is 2.21.